The molecule has 0 unspecified atom stereocenters. The molecule has 1 aliphatic heterocycles. The zero-order valence-electron chi connectivity index (χ0n) is 12.0. The highest BCUT2D eigenvalue weighted by Gasteiger charge is 2.26. The number of urea groups is 1. The topological polar surface area (TPSA) is 136 Å². The number of nitrogens with two attached hydrogens (primary N) is 1. The summed E-state index contributed by atoms with van der Waals surface area (Å²) in [5, 5.41) is 14.3. The molecule has 2 aromatic rings. The second-order valence-corrected chi connectivity index (χ2v) is 4.86. The van der Waals surface area contributed by atoms with Gasteiger partial charge in [-0.1, -0.05) is 12.1 Å². The van der Waals surface area contributed by atoms with Gasteiger partial charge < -0.3 is 11.1 Å². The maximum atomic E-state index is 12.0. The van der Waals surface area contributed by atoms with E-state index in [1.807, 2.05) is 0 Å². The molecule has 4 amide bonds. The summed E-state index contributed by atoms with van der Waals surface area (Å²) in [6.45, 7) is 0.584. The van der Waals surface area contributed by atoms with Crippen LogP contribution in [-0.2, 0) is 11.3 Å². The molecule has 10 heteroatoms. The lowest BCUT2D eigenvalue weighted by Gasteiger charge is -2.10. The maximum absolute atomic E-state index is 12.0. The van der Waals surface area contributed by atoms with Gasteiger partial charge in [-0.3, -0.25) is 14.5 Å². The molecule has 0 spiro atoms. The molecule has 10 nitrogen and oxygen atoms in total. The average molecular weight is 315 g/mol. The van der Waals surface area contributed by atoms with Crippen LogP contribution in [0.4, 0.5) is 4.79 Å². The Labute approximate surface area is 130 Å². The van der Waals surface area contributed by atoms with Crippen LogP contribution in [0.3, 0.4) is 0 Å². The van der Waals surface area contributed by atoms with Crippen molar-refractivity contribution in [3.05, 3.63) is 29.8 Å². The van der Waals surface area contributed by atoms with Crippen molar-refractivity contribution in [3.8, 4) is 11.4 Å². The monoisotopic (exact) mass is 315 g/mol. The van der Waals surface area contributed by atoms with Crippen molar-refractivity contribution in [1.82, 2.24) is 30.4 Å². The first-order valence-corrected chi connectivity index (χ1v) is 6.81. The third-order valence-electron chi connectivity index (χ3n) is 3.31. The third-order valence-corrected chi connectivity index (χ3v) is 3.31. The molecule has 0 radical (unpaired) electrons. The number of nitrogens with one attached hydrogen (secondary N) is 1. The number of aromatic nitrogens is 4. The predicted octanol–water partition coefficient (Wildman–Crippen LogP) is -1.01. The number of carbonyl (C=O) groups is 3. The normalized spacial score (nSPS) is 13.9. The lowest BCUT2D eigenvalue weighted by Crippen LogP contribution is -2.37. The molecule has 118 valence electrons. The van der Waals surface area contributed by atoms with Crippen LogP contribution < -0.4 is 11.1 Å². The summed E-state index contributed by atoms with van der Waals surface area (Å²) in [5.41, 5.74) is 6.17. The van der Waals surface area contributed by atoms with Crippen LogP contribution in [0.5, 0.6) is 0 Å². The molecule has 0 atom stereocenters. The standard InChI is InChI=1S/C13H13N7O3/c14-11(22)8-1-3-9(4-2-8)12-16-18-20(17-12)7-10(21)19-6-5-15-13(19)23/h1-4H,5-7H2,(H2,14,22)(H,15,23). The molecule has 0 aliphatic carbocycles. The van der Waals surface area contributed by atoms with Crippen molar-refractivity contribution in [2.75, 3.05) is 13.1 Å². The first kappa shape index (κ1) is 14.6. The van der Waals surface area contributed by atoms with Gasteiger partial charge in [-0.25, -0.2) is 4.79 Å². The van der Waals surface area contributed by atoms with Crippen molar-refractivity contribution >= 4 is 17.8 Å². The Bertz CT molecular complexity index is 768. The summed E-state index contributed by atoms with van der Waals surface area (Å²) >= 11 is 0. The Balaban J connectivity index is 1.71. The van der Waals surface area contributed by atoms with Crippen LogP contribution in [0.2, 0.25) is 0 Å². The Kier molecular flexibility index (Phi) is 3.71. The fourth-order valence-electron chi connectivity index (χ4n) is 2.13. The first-order valence-electron chi connectivity index (χ1n) is 6.81. The van der Waals surface area contributed by atoms with Gasteiger partial charge in [-0.15, -0.1) is 10.2 Å². The Morgan fingerprint density at radius 2 is 2.00 bits per heavy atom. The summed E-state index contributed by atoms with van der Waals surface area (Å²) in [7, 11) is 0. The maximum Gasteiger partial charge on any atom is 0.324 e. The van der Waals surface area contributed by atoms with Crippen LogP contribution >= 0.6 is 0 Å². The highest BCUT2D eigenvalue weighted by Crippen LogP contribution is 2.14. The van der Waals surface area contributed by atoms with Crippen LogP contribution in [-0.4, -0.2) is 56.0 Å². The van der Waals surface area contributed by atoms with Gasteiger partial charge in [0.15, 0.2) is 0 Å². The van der Waals surface area contributed by atoms with E-state index in [9.17, 15) is 14.4 Å². The van der Waals surface area contributed by atoms with Crippen LogP contribution in [0.1, 0.15) is 10.4 Å². The van der Waals surface area contributed by atoms with Crippen LogP contribution in [0.25, 0.3) is 11.4 Å². The number of nitrogens with zero attached hydrogens (tertiary/aromatic N) is 5. The van der Waals surface area contributed by atoms with Crippen molar-refractivity contribution in [3.63, 3.8) is 0 Å². The SMILES string of the molecule is NC(=O)c1ccc(-c2nnn(CC(=O)N3CCNC3=O)n2)cc1. The minimum Gasteiger partial charge on any atom is -0.366 e. The van der Waals surface area contributed by atoms with E-state index in [2.05, 4.69) is 20.7 Å². The lowest BCUT2D eigenvalue weighted by molar-refractivity contribution is -0.128. The molecule has 0 saturated carbocycles. The van der Waals surface area contributed by atoms with Gasteiger partial charge in [0.2, 0.25) is 11.7 Å². The summed E-state index contributed by atoms with van der Waals surface area (Å²) in [5.74, 6) is -0.629. The van der Waals surface area contributed by atoms with Crippen LogP contribution in [0, 0.1) is 0 Å². The van der Waals surface area contributed by atoms with Crippen molar-refractivity contribution in [1.29, 1.82) is 0 Å². The number of amides is 4. The van der Waals surface area contributed by atoms with E-state index in [-0.39, 0.29) is 6.54 Å². The third kappa shape index (κ3) is 3.00. The van der Waals surface area contributed by atoms with Gasteiger partial charge >= 0.3 is 6.03 Å². The molecule has 23 heavy (non-hydrogen) atoms. The van der Waals surface area contributed by atoms with Crippen LogP contribution in [0.15, 0.2) is 24.3 Å². The van der Waals surface area contributed by atoms with Crippen molar-refractivity contribution < 1.29 is 14.4 Å². The van der Waals surface area contributed by atoms with Gasteiger partial charge in [0.25, 0.3) is 5.91 Å². The minimum absolute atomic E-state index is 0.181. The number of hydrogen-bond donors (Lipinski definition) is 2. The molecule has 1 aliphatic rings. The Morgan fingerprint density at radius 1 is 1.26 bits per heavy atom. The highest BCUT2D eigenvalue weighted by atomic mass is 16.2. The molecule has 3 N–H and O–H groups in total. The molecule has 2 heterocycles. The highest BCUT2D eigenvalue weighted by molar-refractivity contribution is 5.95. The van der Waals surface area contributed by atoms with E-state index < -0.39 is 17.8 Å². The van der Waals surface area contributed by atoms with Gasteiger partial charge in [0, 0.05) is 24.2 Å². The molecular formula is C13H13N7O3. The number of primary amides is 1. The zero-order valence-corrected chi connectivity index (χ0v) is 12.0. The molecule has 1 aromatic carbocycles. The molecule has 3 rings (SSSR count). The molecule has 0 bridgehead atoms. The summed E-state index contributed by atoms with van der Waals surface area (Å²) in [4.78, 5) is 36.6. The molecule has 1 fully saturated rings. The van der Waals surface area contributed by atoms with Crippen molar-refractivity contribution in [2.24, 2.45) is 5.73 Å². The number of tetrazole rings is 1. The Hall–Kier alpha value is -3.30. The fourth-order valence-corrected chi connectivity index (χ4v) is 2.13. The van der Waals surface area contributed by atoms with Crippen molar-refractivity contribution in [2.45, 2.75) is 6.54 Å². The molecular weight excluding hydrogens is 302 g/mol. The number of imide groups is 1. The average Bonchev–Trinajstić information content (AvgIpc) is 3.16. The quantitative estimate of drug-likeness (QED) is 0.742. The predicted molar refractivity (Wildman–Crippen MR) is 76.9 cm³/mol. The zero-order chi connectivity index (χ0) is 16.4. The lowest BCUT2D eigenvalue weighted by atomic mass is 10.1. The first-order chi connectivity index (χ1) is 11.0. The summed E-state index contributed by atoms with van der Waals surface area (Å²) in [6, 6.07) is 5.96. The minimum atomic E-state index is -0.525. The number of hydrogen-bond acceptors (Lipinski definition) is 6. The molecule has 1 aromatic heterocycles. The van der Waals surface area contributed by atoms with E-state index >= 15 is 0 Å². The number of rotatable bonds is 4. The second kappa shape index (κ2) is 5.83. The van der Waals surface area contributed by atoms with E-state index in [1.54, 1.807) is 24.3 Å². The smallest absolute Gasteiger partial charge is 0.324 e. The van der Waals surface area contributed by atoms with E-state index in [0.717, 1.165) is 9.70 Å². The molecule has 1 saturated heterocycles. The second-order valence-electron chi connectivity index (χ2n) is 4.86. The number of carbonyl (C=O) groups excluding carboxylic acids is 3. The largest absolute Gasteiger partial charge is 0.366 e. The van der Waals surface area contributed by atoms with Gasteiger partial charge in [0.05, 0.1) is 0 Å². The van der Waals surface area contributed by atoms with E-state index in [0.29, 0.717) is 30.0 Å². The Morgan fingerprint density at radius 3 is 2.61 bits per heavy atom. The fraction of sp³-hybridized carbons (Fsp3) is 0.231. The van der Waals surface area contributed by atoms with Gasteiger partial charge in [-0.05, 0) is 17.3 Å². The number of benzene rings is 1. The van der Waals surface area contributed by atoms with Gasteiger partial charge in [-0.2, -0.15) is 4.80 Å². The summed E-state index contributed by atoms with van der Waals surface area (Å²) in [6.07, 6.45) is 0. The van der Waals surface area contributed by atoms with Gasteiger partial charge in [0.1, 0.15) is 6.54 Å². The van der Waals surface area contributed by atoms with E-state index in [4.69, 9.17) is 5.73 Å². The summed E-state index contributed by atoms with van der Waals surface area (Å²) < 4.78 is 0. The van der Waals surface area contributed by atoms with E-state index in [1.165, 1.54) is 0 Å².